The number of benzene rings is 3. The highest BCUT2D eigenvalue weighted by molar-refractivity contribution is 9.10. The molecule has 31 heavy (non-hydrogen) atoms. The first-order valence-corrected chi connectivity index (χ1v) is 11.8. The fourth-order valence-corrected chi connectivity index (χ4v) is 5.70. The van der Waals surface area contributed by atoms with E-state index in [-0.39, 0.29) is 11.4 Å². The molecule has 1 N–H and O–H groups in total. The largest absolute Gasteiger partial charge is 0.309 e. The summed E-state index contributed by atoms with van der Waals surface area (Å²) in [6, 6.07) is 20.0. The van der Waals surface area contributed by atoms with Crippen molar-refractivity contribution in [2.24, 2.45) is 0 Å². The van der Waals surface area contributed by atoms with Crippen molar-refractivity contribution in [2.45, 2.75) is 11.4 Å². The molecule has 3 aromatic carbocycles. The molecular formula is C22H17BrN4O3S. The summed E-state index contributed by atoms with van der Waals surface area (Å²) < 4.78 is 29.9. The van der Waals surface area contributed by atoms with Crippen LogP contribution in [-0.2, 0) is 21.4 Å². The average molecular weight is 497 g/mol. The van der Waals surface area contributed by atoms with E-state index in [1.54, 1.807) is 41.2 Å². The van der Waals surface area contributed by atoms with Gasteiger partial charge in [0.2, 0.25) is 5.91 Å². The highest BCUT2D eigenvalue weighted by Crippen LogP contribution is 2.41. The van der Waals surface area contributed by atoms with Crippen LogP contribution in [0.1, 0.15) is 5.56 Å². The lowest BCUT2D eigenvalue weighted by atomic mass is 10.1. The van der Waals surface area contributed by atoms with Crippen molar-refractivity contribution in [3.8, 4) is 0 Å². The van der Waals surface area contributed by atoms with Gasteiger partial charge >= 0.3 is 0 Å². The number of halogens is 1. The topological polar surface area (TPSA) is 84.3 Å². The maximum atomic E-state index is 13.1. The van der Waals surface area contributed by atoms with Crippen LogP contribution in [0.2, 0.25) is 0 Å². The van der Waals surface area contributed by atoms with Gasteiger partial charge in [-0.3, -0.25) is 9.10 Å². The molecule has 1 aliphatic rings. The minimum atomic E-state index is -3.79. The van der Waals surface area contributed by atoms with Crippen LogP contribution in [0.5, 0.6) is 0 Å². The molecule has 0 saturated carbocycles. The minimum absolute atomic E-state index is 0.230. The lowest BCUT2D eigenvalue weighted by molar-refractivity contribution is -0.114. The molecule has 0 saturated heterocycles. The molecule has 0 spiro atoms. The Morgan fingerprint density at radius 3 is 2.52 bits per heavy atom. The fourth-order valence-electron chi connectivity index (χ4n) is 3.77. The molecular weight excluding hydrogens is 480 g/mol. The number of carbonyl (C=O) groups is 1. The number of aromatic nitrogens is 2. The Morgan fingerprint density at radius 2 is 1.74 bits per heavy atom. The number of anilines is 2. The molecule has 0 radical (unpaired) electrons. The Balaban J connectivity index is 1.37. The van der Waals surface area contributed by atoms with Gasteiger partial charge in [0.1, 0.15) is 12.4 Å². The number of nitrogens with zero attached hydrogens (tertiary/aromatic N) is 3. The van der Waals surface area contributed by atoms with Crippen molar-refractivity contribution in [3.05, 3.63) is 83.0 Å². The van der Waals surface area contributed by atoms with Crippen LogP contribution in [0.15, 0.2) is 82.3 Å². The molecule has 1 aromatic heterocycles. The van der Waals surface area contributed by atoms with E-state index in [0.717, 1.165) is 19.7 Å². The molecule has 0 fully saturated rings. The molecule has 4 aromatic rings. The third-order valence-corrected chi connectivity index (χ3v) is 7.53. The first kappa shape index (κ1) is 19.8. The predicted molar refractivity (Wildman–Crippen MR) is 123 cm³/mol. The second kappa shape index (κ2) is 7.51. The van der Waals surface area contributed by atoms with Crippen LogP contribution in [0.25, 0.3) is 10.8 Å². The van der Waals surface area contributed by atoms with E-state index < -0.39 is 15.9 Å². The van der Waals surface area contributed by atoms with Crippen LogP contribution in [0.4, 0.5) is 11.5 Å². The molecule has 156 valence electrons. The predicted octanol–water partition coefficient (Wildman–Crippen LogP) is 3.99. The van der Waals surface area contributed by atoms with E-state index in [2.05, 4.69) is 26.3 Å². The SMILES string of the molecule is O=C(CN1c2cccc3cccc(c23)S1(=O)=O)Nc1ccnn1Cc1ccc(Br)cc1. The molecule has 1 amide bonds. The summed E-state index contributed by atoms with van der Waals surface area (Å²) in [5.41, 5.74) is 1.54. The van der Waals surface area contributed by atoms with Crippen molar-refractivity contribution in [3.63, 3.8) is 0 Å². The summed E-state index contributed by atoms with van der Waals surface area (Å²) in [6.07, 6.45) is 1.59. The van der Waals surface area contributed by atoms with E-state index in [4.69, 9.17) is 0 Å². The highest BCUT2D eigenvalue weighted by atomic mass is 79.9. The Hall–Kier alpha value is -3.17. The zero-order valence-electron chi connectivity index (χ0n) is 16.2. The first-order chi connectivity index (χ1) is 14.9. The molecule has 5 rings (SSSR count). The van der Waals surface area contributed by atoms with Crippen molar-refractivity contribution < 1.29 is 13.2 Å². The van der Waals surface area contributed by atoms with E-state index in [1.165, 1.54) is 0 Å². The molecule has 2 heterocycles. The Labute approximate surface area is 187 Å². The number of hydrogen-bond donors (Lipinski definition) is 1. The standard InChI is InChI=1S/C22H17BrN4O3S/c23-17-9-7-15(8-10-17)13-26-20(11-12-24-26)25-21(28)14-27-18-5-1-3-16-4-2-6-19(22(16)18)31(27,29)30/h1-12H,13-14H2,(H,25,28). The lowest BCUT2D eigenvalue weighted by Crippen LogP contribution is -2.36. The van der Waals surface area contributed by atoms with Gasteiger partial charge in [-0.25, -0.2) is 13.1 Å². The van der Waals surface area contributed by atoms with Gasteiger partial charge in [0, 0.05) is 15.9 Å². The van der Waals surface area contributed by atoms with E-state index in [9.17, 15) is 13.2 Å². The second-order valence-electron chi connectivity index (χ2n) is 7.19. The molecule has 1 aliphatic heterocycles. The maximum Gasteiger partial charge on any atom is 0.265 e. The van der Waals surface area contributed by atoms with Crippen LogP contribution >= 0.6 is 15.9 Å². The molecule has 0 atom stereocenters. The van der Waals surface area contributed by atoms with Gasteiger partial charge in [-0.1, -0.05) is 52.3 Å². The first-order valence-electron chi connectivity index (χ1n) is 9.54. The van der Waals surface area contributed by atoms with Crippen molar-refractivity contribution >= 4 is 54.1 Å². The van der Waals surface area contributed by atoms with Crippen LogP contribution in [0, 0.1) is 0 Å². The van der Waals surface area contributed by atoms with Crippen molar-refractivity contribution in [1.29, 1.82) is 0 Å². The van der Waals surface area contributed by atoms with E-state index in [1.807, 2.05) is 36.4 Å². The summed E-state index contributed by atoms with van der Waals surface area (Å²) in [7, 11) is -3.79. The van der Waals surface area contributed by atoms with E-state index in [0.29, 0.717) is 23.4 Å². The molecule has 0 unspecified atom stereocenters. The Morgan fingerprint density at radius 1 is 1.00 bits per heavy atom. The quantitative estimate of drug-likeness (QED) is 0.452. The van der Waals surface area contributed by atoms with Gasteiger partial charge in [-0.05, 0) is 35.2 Å². The maximum absolute atomic E-state index is 13.1. The summed E-state index contributed by atoms with van der Waals surface area (Å²) >= 11 is 3.41. The fraction of sp³-hybridized carbons (Fsp3) is 0.0909. The lowest BCUT2D eigenvalue weighted by Gasteiger charge is -2.18. The number of sulfonamides is 1. The Kier molecular flexibility index (Phi) is 4.79. The van der Waals surface area contributed by atoms with Crippen LogP contribution in [0.3, 0.4) is 0 Å². The summed E-state index contributed by atoms with van der Waals surface area (Å²) in [5, 5.41) is 8.54. The van der Waals surface area contributed by atoms with Gasteiger partial charge in [-0.15, -0.1) is 0 Å². The zero-order valence-corrected chi connectivity index (χ0v) is 18.6. The summed E-state index contributed by atoms with van der Waals surface area (Å²) in [5.74, 6) is 0.0613. The summed E-state index contributed by atoms with van der Waals surface area (Å²) in [4.78, 5) is 13.0. The van der Waals surface area contributed by atoms with Crippen LogP contribution in [-0.4, -0.2) is 30.7 Å². The molecule has 7 nitrogen and oxygen atoms in total. The van der Waals surface area contributed by atoms with Gasteiger partial charge in [0.25, 0.3) is 10.0 Å². The molecule has 0 aliphatic carbocycles. The van der Waals surface area contributed by atoms with Crippen molar-refractivity contribution in [2.75, 3.05) is 16.2 Å². The van der Waals surface area contributed by atoms with E-state index >= 15 is 0 Å². The summed E-state index contributed by atoms with van der Waals surface area (Å²) in [6.45, 7) is 0.155. The van der Waals surface area contributed by atoms with Gasteiger partial charge in [0.15, 0.2) is 0 Å². The smallest absolute Gasteiger partial charge is 0.265 e. The third kappa shape index (κ3) is 3.49. The minimum Gasteiger partial charge on any atom is -0.309 e. The third-order valence-electron chi connectivity index (χ3n) is 5.20. The normalized spacial score (nSPS) is 14.2. The van der Waals surface area contributed by atoms with Gasteiger partial charge in [0.05, 0.1) is 23.3 Å². The zero-order chi connectivity index (χ0) is 21.6. The molecule has 9 heteroatoms. The number of nitrogens with one attached hydrogen (secondary N) is 1. The Bertz CT molecular complexity index is 1410. The number of amides is 1. The van der Waals surface area contributed by atoms with Crippen molar-refractivity contribution in [1.82, 2.24) is 9.78 Å². The number of rotatable bonds is 5. The average Bonchev–Trinajstić information content (AvgIpc) is 3.27. The number of carbonyl (C=O) groups excluding carboxylic acids is 1. The van der Waals surface area contributed by atoms with Crippen LogP contribution < -0.4 is 9.62 Å². The molecule has 0 bridgehead atoms. The van der Waals surface area contributed by atoms with Gasteiger partial charge < -0.3 is 5.32 Å². The van der Waals surface area contributed by atoms with Gasteiger partial charge in [-0.2, -0.15) is 5.10 Å². The number of hydrogen-bond acceptors (Lipinski definition) is 4. The highest BCUT2D eigenvalue weighted by Gasteiger charge is 2.36. The monoisotopic (exact) mass is 496 g/mol. The second-order valence-corrected chi connectivity index (χ2v) is 9.94.